The molecule has 1 aromatic rings. The lowest BCUT2D eigenvalue weighted by molar-refractivity contribution is -0.119. The van der Waals surface area contributed by atoms with Crippen molar-refractivity contribution in [3.05, 3.63) is 17.7 Å². The minimum Gasteiger partial charge on any atom is -0.493 e. The van der Waals surface area contributed by atoms with E-state index in [-0.39, 0.29) is 11.4 Å². The van der Waals surface area contributed by atoms with Crippen LogP contribution in [0, 0.1) is 0 Å². The molecule has 1 heterocycles. The maximum absolute atomic E-state index is 11.4. The van der Waals surface area contributed by atoms with E-state index in [9.17, 15) is 4.79 Å². The second-order valence-electron chi connectivity index (χ2n) is 5.28. The number of methoxy groups -OCH3 is 3. The van der Waals surface area contributed by atoms with Gasteiger partial charge in [0.15, 0.2) is 11.5 Å². The van der Waals surface area contributed by atoms with E-state index >= 15 is 0 Å². The number of hydrogen-bond donors (Lipinski definition) is 1. The number of amides is 1. The molecule has 1 N–H and O–H groups in total. The smallest absolute Gasteiger partial charge is 0.220 e. The SMILES string of the molecule is COc1ccc(CC2(C)CCC(=O)N2)c(OC)c1OC. The molecule has 1 aromatic carbocycles. The molecule has 1 atom stereocenters. The zero-order chi connectivity index (χ0) is 14.8. The van der Waals surface area contributed by atoms with Gasteiger partial charge in [-0.1, -0.05) is 6.07 Å². The van der Waals surface area contributed by atoms with Gasteiger partial charge in [-0.3, -0.25) is 4.79 Å². The molecular weight excluding hydrogens is 258 g/mol. The fourth-order valence-electron chi connectivity index (χ4n) is 2.71. The van der Waals surface area contributed by atoms with E-state index in [0.29, 0.717) is 30.1 Å². The Morgan fingerprint density at radius 2 is 1.85 bits per heavy atom. The monoisotopic (exact) mass is 279 g/mol. The molecule has 0 radical (unpaired) electrons. The largest absolute Gasteiger partial charge is 0.493 e. The van der Waals surface area contributed by atoms with Gasteiger partial charge in [-0.15, -0.1) is 0 Å². The van der Waals surface area contributed by atoms with Crippen molar-refractivity contribution in [1.82, 2.24) is 5.32 Å². The summed E-state index contributed by atoms with van der Waals surface area (Å²) in [5.74, 6) is 1.98. The Hall–Kier alpha value is -1.91. The Bertz CT molecular complexity index is 515. The van der Waals surface area contributed by atoms with E-state index < -0.39 is 0 Å². The van der Waals surface area contributed by atoms with Crippen LogP contribution in [0.4, 0.5) is 0 Å². The molecule has 1 unspecified atom stereocenters. The van der Waals surface area contributed by atoms with E-state index in [4.69, 9.17) is 14.2 Å². The first kappa shape index (κ1) is 14.5. The van der Waals surface area contributed by atoms with Crippen LogP contribution in [0.15, 0.2) is 12.1 Å². The van der Waals surface area contributed by atoms with E-state index in [0.717, 1.165) is 12.0 Å². The van der Waals surface area contributed by atoms with Gasteiger partial charge in [0.05, 0.1) is 21.3 Å². The second-order valence-corrected chi connectivity index (χ2v) is 5.28. The predicted octanol–water partition coefficient (Wildman–Crippen LogP) is 1.92. The van der Waals surface area contributed by atoms with Crippen molar-refractivity contribution in [2.24, 2.45) is 0 Å². The summed E-state index contributed by atoms with van der Waals surface area (Å²) < 4.78 is 16.1. The highest BCUT2D eigenvalue weighted by Crippen LogP contribution is 2.41. The topological polar surface area (TPSA) is 56.8 Å². The fraction of sp³-hybridized carbons (Fsp3) is 0.533. The Balaban J connectivity index is 2.34. The summed E-state index contributed by atoms with van der Waals surface area (Å²) in [6.45, 7) is 2.05. The Morgan fingerprint density at radius 1 is 1.15 bits per heavy atom. The number of carbonyl (C=O) groups is 1. The first-order valence-electron chi connectivity index (χ1n) is 6.62. The molecule has 0 aromatic heterocycles. The molecule has 1 aliphatic heterocycles. The van der Waals surface area contributed by atoms with Crippen LogP contribution in [0.5, 0.6) is 17.2 Å². The van der Waals surface area contributed by atoms with Gasteiger partial charge in [0.25, 0.3) is 0 Å². The van der Waals surface area contributed by atoms with Crippen molar-refractivity contribution in [3.63, 3.8) is 0 Å². The molecule has 1 fully saturated rings. The number of nitrogens with one attached hydrogen (secondary N) is 1. The first-order valence-corrected chi connectivity index (χ1v) is 6.62. The molecule has 1 amide bonds. The summed E-state index contributed by atoms with van der Waals surface area (Å²) in [5.41, 5.74) is 0.763. The molecule has 0 aliphatic carbocycles. The van der Waals surface area contributed by atoms with Gasteiger partial charge in [-0.25, -0.2) is 0 Å². The summed E-state index contributed by atoms with van der Waals surface area (Å²) in [6.07, 6.45) is 2.09. The van der Waals surface area contributed by atoms with Crippen molar-refractivity contribution < 1.29 is 19.0 Å². The highest BCUT2D eigenvalue weighted by atomic mass is 16.5. The minimum absolute atomic E-state index is 0.104. The van der Waals surface area contributed by atoms with Crippen molar-refractivity contribution >= 4 is 5.91 Å². The van der Waals surface area contributed by atoms with Crippen LogP contribution in [0.1, 0.15) is 25.3 Å². The molecule has 0 bridgehead atoms. The maximum atomic E-state index is 11.4. The van der Waals surface area contributed by atoms with Crippen molar-refractivity contribution in [2.45, 2.75) is 31.7 Å². The molecule has 5 nitrogen and oxygen atoms in total. The minimum atomic E-state index is -0.232. The summed E-state index contributed by atoms with van der Waals surface area (Å²) in [7, 11) is 4.79. The van der Waals surface area contributed by atoms with Crippen LogP contribution in [-0.2, 0) is 11.2 Å². The third kappa shape index (κ3) is 2.66. The van der Waals surface area contributed by atoms with Crippen molar-refractivity contribution in [2.75, 3.05) is 21.3 Å². The summed E-state index contributed by atoms with van der Waals surface area (Å²) in [4.78, 5) is 11.4. The zero-order valence-electron chi connectivity index (χ0n) is 12.4. The fourth-order valence-corrected chi connectivity index (χ4v) is 2.71. The van der Waals surface area contributed by atoms with Crippen LogP contribution in [0.2, 0.25) is 0 Å². The molecule has 1 aliphatic rings. The Kier molecular flexibility index (Phi) is 4.06. The van der Waals surface area contributed by atoms with Gasteiger partial charge in [-0.2, -0.15) is 0 Å². The third-order valence-electron chi connectivity index (χ3n) is 3.71. The number of carbonyl (C=O) groups excluding carboxylic acids is 1. The highest BCUT2D eigenvalue weighted by molar-refractivity contribution is 5.79. The molecule has 20 heavy (non-hydrogen) atoms. The number of hydrogen-bond acceptors (Lipinski definition) is 4. The summed E-state index contributed by atoms with van der Waals surface area (Å²) in [6, 6.07) is 3.81. The average Bonchev–Trinajstić information content (AvgIpc) is 2.77. The van der Waals surface area contributed by atoms with Gasteiger partial charge in [0.1, 0.15) is 0 Å². The van der Waals surface area contributed by atoms with Crippen LogP contribution >= 0.6 is 0 Å². The van der Waals surface area contributed by atoms with Crippen LogP contribution in [0.3, 0.4) is 0 Å². The summed E-state index contributed by atoms with van der Waals surface area (Å²) in [5, 5.41) is 3.03. The molecule has 110 valence electrons. The van der Waals surface area contributed by atoms with Crippen LogP contribution < -0.4 is 19.5 Å². The quantitative estimate of drug-likeness (QED) is 0.894. The molecule has 0 saturated carbocycles. The standard InChI is InChI=1S/C15H21NO4/c1-15(8-7-12(17)16-15)9-10-5-6-11(18-2)14(20-4)13(10)19-3/h5-6H,7-9H2,1-4H3,(H,16,17). The third-order valence-corrected chi connectivity index (χ3v) is 3.71. The lowest BCUT2D eigenvalue weighted by atomic mass is 9.90. The number of rotatable bonds is 5. The molecular formula is C15H21NO4. The average molecular weight is 279 g/mol. The zero-order valence-corrected chi connectivity index (χ0v) is 12.4. The highest BCUT2D eigenvalue weighted by Gasteiger charge is 2.34. The molecule has 1 saturated heterocycles. The van der Waals surface area contributed by atoms with Crippen LogP contribution in [-0.4, -0.2) is 32.8 Å². The lowest BCUT2D eigenvalue weighted by Crippen LogP contribution is -2.40. The van der Waals surface area contributed by atoms with Crippen molar-refractivity contribution in [1.29, 1.82) is 0 Å². The van der Waals surface area contributed by atoms with Crippen molar-refractivity contribution in [3.8, 4) is 17.2 Å². The van der Waals surface area contributed by atoms with Gasteiger partial charge in [0.2, 0.25) is 11.7 Å². The maximum Gasteiger partial charge on any atom is 0.220 e. The molecule has 0 spiro atoms. The predicted molar refractivity (Wildman–Crippen MR) is 75.6 cm³/mol. The van der Waals surface area contributed by atoms with Gasteiger partial charge in [0, 0.05) is 17.5 Å². The van der Waals surface area contributed by atoms with E-state index in [2.05, 4.69) is 5.32 Å². The van der Waals surface area contributed by atoms with Gasteiger partial charge >= 0.3 is 0 Å². The second kappa shape index (κ2) is 5.61. The van der Waals surface area contributed by atoms with Gasteiger partial charge < -0.3 is 19.5 Å². The van der Waals surface area contributed by atoms with E-state index in [1.165, 1.54) is 0 Å². The molecule has 2 rings (SSSR count). The first-order chi connectivity index (χ1) is 9.53. The lowest BCUT2D eigenvalue weighted by Gasteiger charge is -2.25. The van der Waals surface area contributed by atoms with E-state index in [1.54, 1.807) is 21.3 Å². The van der Waals surface area contributed by atoms with Gasteiger partial charge in [-0.05, 0) is 25.8 Å². The molecule has 5 heteroatoms. The Labute approximate surface area is 119 Å². The number of benzene rings is 1. The normalized spacial score (nSPS) is 21.5. The van der Waals surface area contributed by atoms with Crippen LogP contribution in [0.25, 0.3) is 0 Å². The Morgan fingerprint density at radius 3 is 2.35 bits per heavy atom. The summed E-state index contributed by atoms with van der Waals surface area (Å²) >= 11 is 0. The number of ether oxygens (including phenoxy) is 3. The van der Waals surface area contributed by atoms with E-state index in [1.807, 2.05) is 19.1 Å².